The molecule has 0 spiro atoms. The highest BCUT2D eigenvalue weighted by Crippen LogP contribution is 2.15. The molecule has 0 aliphatic carbocycles. The van der Waals surface area contributed by atoms with Crippen LogP contribution in [-0.4, -0.2) is 11.1 Å². The Hall–Kier alpha value is -1.05. The normalized spacial score (nSPS) is 14.5. The molecule has 0 aromatic heterocycles. The first-order chi connectivity index (χ1) is 7.91. The van der Waals surface area contributed by atoms with Gasteiger partial charge in [0.15, 0.2) is 0 Å². The number of carbonyl (C=O) groups is 1. The second kappa shape index (κ2) is 9.03. The topological polar surface area (TPSA) is 37.3 Å². The van der Waals surface area contributed by atoms with Gasteiger partial charge in [-0.2, -0.15) is 0 Å². The van der Waals surface area contributed by atoms with E-state index in [2.05, 4.69) is 26.8 Å². The lowest BCUT2D eigenvalue weighted by molar-refractivity contribution is -0.131. The van der Waals surface area contributed by atoms with Crippen LogP contribution in [0, 0.1) is 11.8 Å². The Labute approximate surface area is 105 Å². The lowest BCUT2D eigenvalue weighted by Gasteiger charge is -2.09. The lowest BCUT2D eigenvalue weighted by Crippen LogP contribution is -1.95. The maximum atomic E-state index is 10.4. The van der Waals surface area contributed by atoms with Gasteiger partial charge >= 0.3 is 5.97 Å². The smallest absolute Gasteiger partial charge is 0.328 e. The molecule has 2 heteroatoms. The van der Waals surface area contributed by atoms with Crippen LogP contribution in [0.2, 0.25) is 0 Å². The van der Waals surface area contributed by atoms with Crippen molar-refractivity contribution >= 4 is 5.97 Å². The summed E-state index contributed by atoms with van der Waals surface area (Å²) in [5.41, 5.74) is 0.798. The Bertz CT molecular complexity index is 275. The Morgan fingerprint density at radius 2 is 1.88 bits per heavy atom. The summed E-state index contributed by atoms with van der Waals surface area (Å²) in [6.45, 7) is 8.57. The minimum atomic E-state index is -0.878. The van der Waals surface area contributed by atoms with Crippen molar-refractivity contribution in [2.24, 2.45) is 11.8 Å². The number of allylic oxidation sites excluding steroid dienone is 3. The van der Waals surface area contributed by atoms with Gasteiger partial charge in [-0.3, -0.25) is 0 Å². The number of carboxylic acids is 1. The van der Waals surface area contributed by atoms with Crippen molar-refractivity contribution in [2.75, 3.05) is 0 Å². The second-order valence-electron chi connectivity index (χ2n) is 5.29. The molecule has 0 radical (unpaired) electrons. The number of hydrogen-bond donors (Lipinski definition) is 1. The minimum absolute atomic E-state index is 0.683. The number of aliphatic carboxylic acids is 1. The molecule has 0 aromatic rings. The Balaban J connectivity index is 3.79. The predicted molar refractivity (Wildman–Crippen MR) is 73.0 cm³/mol. The molecule has 0 rings (SSSR count). The fourth-order valence-electron chi connectivity index (χ4n) is 1.72. The third kappa shape index (κ3) is 11.2. The Morgan fingerprint density at radius 1 is 1.24 bits per heavy atom. The lowest BCUT2D eigenvalue weighted by atomic mass is 9.97. The molecule has 2 nitrogen and oxygen atoms in total. The summed E-state index contributed by atoms with van der Waals surface area (Å²) < 4.78 is 0. The summed E-state index contributed by atoms with van der Waals surface area (Å²) in [5, 5.41) is 8.55. The van der Waals surface area contributed by atoms with Crippen molar-refractivity contribution in [1.82, 2.24) is 0 Å². The van der Waals surface area contributed by atoms with E-state index in [1.165, 1.54) is 25.3 Å². The van der Waals surface area contributed by atoms with Crippen molar-refractivity contribution in [3.8, 4) is 0 Å². The standard InChI is InChI=1S/C15H26O2/c1-12(2)7-5-8-13(3)9-6-10-14(4)11-15(16)17/h6,10-13H,5,7-9H2,1-4H3,(H,16,17)/t13-/m0/s1. The van der Waals surface area contributed by atoms with Crippen LogP contribution in [0.15, 0.2) is 23.8 Å². The van der Waals surface area contributed by atoms with E-state index in [1.807, 2.05) is 13.0 Å². The van der Waals surface area contributed by atoms with Gasteiger partial charge in [-0.15, -0.1) is 0 Å². The summed E-state index contributed by atoms with van der Waals surface area (Å²) >= 11 is 0. The van der Waals surface area contributed by atoms with E-state index in [1.54, 1.807) is 0 Å². The summed E-state index contributed by atoms with van der Waals surface area (Å²) in [7, 11) is 0. The number of carboxylic acid groups (broad SMARTS) is 1. The van der Waals surface area contributed by atoms with Gasteiger partial charge in [0.2, 0.25) is 0 Å². The molecule has 0 aliphatic rings. The van der Waals surface area contributed by atoms with Gasteiger partial charge in [0.05, 0.1) is 0 Å². The van der Waals surface area contributed by atoms with Crippen molar-refractivity contribution in [2.45, 2.75) is 53.4 Å². The summed E-state index contributed by atoms with van der Waals surface area (Å²) in [5.74, 6) is 0.596. The fourth-order valence-corrected chi connectivity index (χ4v) is 1.72. The monoisotopic (exact) mass is 238 g/mol. The molecule has 17 heavy (non-hydrogen) atoms. The van der Waals surface area contributed by atoms with E-state index in [0.29, 0.717) is 5.92 Å². The van der Waals surface area contributed by atoms with Crippen LogP contribution in [0.5, 0.6) is 0 Å². The zero-order valence-electron chi connectivity index (χ0n) is 11.6. The number of hydrogen-bond acceptors (Lipinski definition) is 1. The van der Waals surface area contributed by atoms with E-state index in [0.717, 1.165) is 17.9 Å². The summed E-state index contributed by atoms with van der Waals surface area (Å²) in [6, 6.07) is 0. The molecule has 1 N–H and O–H groups in total. The maximum absolute atomic E-state index is 10.4. The second-order valence-corrected chi connectivity index (χ2v) is 5.29. The maximum Gasteiger partial charge on any atom is 0.328 e. The van der Waals surface area contributed by atoms with E-state index < -0.39 is 5.97 Å². The average Bonchev–Trinajstić information content (AvgIpc) is 2.15. The predicted octanol–water partition coefficient (Wildman–Crippen LogP) is 4.43. The molecule has 1 atom stereocenters. The highest BCUT2D eigenvalue weighted by Gasteiger charge is 2.01. The van der Waals surface area contributed by atoms with Gasteiger partial charge in [0, 0.05) is 6.08 Å². The van der Waals surface area contributed by atoms with Crippen LogP contribution in [0.4, 0.5) is 0 Å². The molecule has 0 bridgehead atoms. The molecular formula is C15H26O2. The van der Waals surface area contributed by atoms with Crippen molar-refractivity contribution in [3.63, 3.8) is 0 Å². The molecule has 0 fully saturated rings. The van der Waals surface area contributed by atoms with Crippen molar-refractivity contribution in [1.29, 1.82) is 0 Å². The third-order valence-corrected chi connectivity index (χ3v) is 2.75. The van der Waals surface area contributed by atoms with E-state index >= 15 is 0 Å². The fraction of sp³-hybridized carbons (Fsp3) is 0.667. The zero-order chi connectivity index (χ0) is 13.3. The van der Waals surface area contributed by atoms with Crippen molar-refractivity contribution < 1.29 is 9.90 Å². The van der Waals surface area contributed by atoms with Crippen LogP contribution < -0.4 is 0 Å². The molecule has 0 saturated carbocycles. The minimum Gasteiger partial charge on any atom is -0.478 e. The van der Waals surface area contributed by atoms with Crippen LogP contribution in [0.1, 0.15) is 53.4 Å². The van der Waals surface area contributed by atoms with Crippen LogP contribution >= 0.6 is 0 Å². The molecule has 0 aromatic carbocycles. The zero-order valence-corrected chi connectivity index (χ0v) is 11.6. The first kappa shape index (κ1) is 16.0. The van der Waals surface area contributed by atoms with Gasteiger partial charge in [-0.1, -0.05) is 52.2 Å². The first-order valence-electron chi connectivity index (χ1n) is 6.49. The van der Waals surface area contributed by atoms with Crippen LogP contribution in [0.3, 0.4) is 0 Å². The Morgan fingerprint density at radius 3 is 2.41 bits per heavy atom. The van der Waals surface area contributed by atoms with Crippen LogP contribution in [0.25, 0.3) is 0 Å². The van der Waals surface area contributed by atoms with Gasteiger partial charge in [-0.05, 0) is 30.8 Å². The summed E-state index contributed by atoms with van der Waals surface area (Å²) in [4.78, 5) is 10.4. The van der Waals surface area contributed by atoms with Crippen molar-refractivity contribution in [3.05, 3.63) is 23.8 Å². The number of rotatable bonds is 8. The van der Waals surface area contributed by atoms with Gasteiger partial charge in [0.25, 0.3) is 0 Å². The summed E-state index contributed by atoms with van der Waals surface area (Å²) in [6.07, 6.45) is 10.1. The highest BCUT2D eigenvalue weighted by atomic mass is 16.4. The molecule has 0 heterocycles. The molecule has 98 valence electrons. The van der Waals surface area contributed by atoms with Crippen LogP contribution in [-0.2, 0) is 4.79 Å². The van der Waals surface area contributed by atoms with E-state index in [9.17, 15) is 4.79 Å². The molecule has 0 amide bonds. The van der Waals surface area contributed by atoms with Gasteiger partial charge < -0.3 is 5.11 Å². The quantitative estimate of drug-likeness (QED) is 0.502. The van der Waals surface area contributed by atoms with E-state index in [-0.39, 0.29) is 0 Å². The average molecular weight is 238 g/mol. The molecule has 0 saturated heterocycles. The molecular weight excluding hydrogens is 212 g/mol. The Kier molecular flexibility index (Phi) is 8.47. The third-order valence-electron chi connectivity index (χ3n) is 2.75. The van der Waals surface area contributed by atoms with E-state index in [4.69, 9.17) is 5.11 Å². The molecule has 0 aliphatic heterocycles. The largest absolute Gasteiger partial charge is 0.478 e. The first-order valence-corrected chi connectivity index (χ1v) is 6.49. The van der Waals surface area contributed by atoms with Gasteiger partial charge in [-0.25, -0.2) is 4.79 Å². The van der Waals surface area contributed by atoms with Gasteiger partial charge in [0.1, 0.15) is 0 Å². The molecule has 0 unspecified atom stereocenters. The highest BCUT2D eigenvalue weighted by molar-refractivity contribution is 5.81. The SMILES string of the molecule is CC(C=CC[C@@H](C)CCCC(C)C)=CC(=O)O.